The molecule has 0 radical (unpaired) electrons. The number of carbonyl (C=O) groups is 1. The fourth-order valence-electron chi connectivity index (χ4n) is 2.65. The van der Waals surface area contributed by atoms with Gasteiger partial charge >= 0.3 is 0 Å². The highest BCUT2D eigenvalue weighted by Gasteiger charge is 2.32. The molecule has 0 saturated carbocycles. The van der Waals surface area contributed by atoms with Gasteiger partial charge in [-0.25, -0.2) is 4.98 Å². The van der Waals surface area contributed by atoms with Gasteiger partial charge in [0.05, 0.1) is 9.21 Å². The van der Waals surface area contributed by atoms with Crippen LogP contribution in [-0.4, -0.2) is 33.9 Å². The number of aryl methyl sites for hydroxylation is 1. The van der Waals surface area contributed by atoms with Gasteiger partial charge in [-0.05, 0) is 19.1 Å². The average molecular weight is 322 g/mol. The maximum atomic E-state index is 11.9. The Morgan fingerprint density at radius 2 is 2.43 bits per heavy atom. The minimum absolute atomic E-state index is 0.125. The second kappa shape index (κ2) is 5.66. The Morgan fingerprint density at radius 3 is 3.10 bits per heavy atom. The smallest absolute Gasteiger partial charge is 0.223 e. The molecule has 3 rings (SSSR count). The number of aromatic nitrogens is 2. The van der Waals surface area contributed by atoms with Crippen LogP contribution in [0.15, 0.2) is 24.8 Å². The van der Waals surface area contributed by atoms with Gasteiger partial charge in [-0.1, -0.05) is 17.7 Å². The van der Waals surface area contributed by atoms with Crippen LogP contribution in [-0.2, 0) is 4.79 Å². The van der Waals surface area contributed by atoms with Crippen LogP contribution in [0.3, 0.4) is 0 Å². The topological polar surface area (TPSA) is 49.0 Å². The van der Waals surface area contributed by atoms with Gasteiger partial charge < -0.3 is 9.88 Å². The van der Waals surface area contributed by atoms with Crippen LogP contribution >= 0.6 is 22.9 Å². The lowest BCUT2D eigenvalue weighted by Gasteiger charge is -2.12. The molecule has 1 unspecified atom stereocenters. The molecular weight excluding hydrogens is 306 g/mol. The van der Waals surface area contributed by atoms with Crippen molar-refractivity contribution in [2.45, 2.75) is 19.3 Å². The molecule has 1 saturated heterocycles. The zero-order valence-corrected chi connectivity index (χ0v) is 13.3. The number of rotatable bonds is 4. The van der Waals surface area contributed by atoms with E-state index in [1.807, 2.05) is 24.0 Å². The normalized spacial score (nSPS) is 18.5. The largest absolute Gasteiger partial charge is 0.345 e. The summed E-state index contributed by atoms with van der Waals surface area (Å²) in [5, 5.41) is 0. The van der Waals surface area contributed by atoms with E-state index in [-0.39, 0.29) is 11.8 Å². The first-order valence-electron chi connectivity index (χ1n) is 6.79. The molecule has 4 nitrogen and oxygen atoms in total. The van der Waals surface area contributed by atoms with Gasteiger partial charge in [-0.2, -0.15) is 0 Å². The molecule has 1 N–H and O–H groups in total. The number of aromatic amines is 1. The zero-order valence-electron chi connectivity index (χ0n) is 11.7. The number of hydrogen-bond acceptors (Lipinski definition) is 3. The van der Waals surface area contributed by atoms with E-state index in [4.69, 9.17) is 16.6 Å². The highest BCUT2D eigenvalue weighted by atomic mass is 35.5. The van der Waals surface area contributed by atoms with E-state index >= 15 is 0 Å². The van der Waals surface area contributed by atoms with Crippen molar-refractivity contribution in [3.05, 3.63) is 40.6 Å². The predicted octanol–water partition coefficient (Wildman–Crippen LogP) is 3.60. The summed E-state index contributed by atoms with van der Waals surface area (Å²) in [7, 11) is 0. The second-order valence-electron chi connectivity index (χ2n) is 5.19. The Kier molecular flexibility index (Phi) is 3.87. The van der Waals surface area contributed by atoms with E-state index in [1.165, 1.54) is 11.3 Å². The molecule has 1 fully saturated rings. The lowest BCUT2D eigenvalue weighted by atomic mass is 10.1. The molecule has 110 valence electrons. The van der Waals surface area contributed by atoms with Crippen molar-refractivity contribution in [3.8, 4) is 10.6 Å². The molecular formula is C15H16ClN3OS. The molecule has 0 aliphatic carbocycles. The van der Waals surface area contributed by atoms with E-state index < -0.39 is 0 Å². The third-order valence-electron chi connectivity index (χ3n) is 3.66. The van der Waals surface area contributed by atoms with Gasteiger partial charge in [-0.15, -0.1) is 17.9 Å². The lowest BCUT2D eigenvalue weighted by molar-refractivity contribution is -0.127. The van der Waals surface area contributed by atoms with Gasteiger partial charge in [-0.3, -0.25) is 4.79 Å². The van der Waals surface area contributed by atoms with Crippen molar-refractivity contribution < 1.29 is 4.79 Å². The van der Waals surface area contributed by atoms with E-state index in [0.717, 1.165) is 26.4 Å². The monoisotopic (exact) mass is 321 g/mol. The van der Waals surface area contributed by atoms with E-state index in [0.29, 0.717) is 19.5 Å². The van der Waals surface area contributed by atoms with Gasteiger partial charge in [0.15, 0.2) is 0 Å². The van der Waals surface area contributed by atoms with E-state index in [2.05, 4.69) is 11.6 Å². The highest BCUT2D eigenvalue weighted by molar-refractivity contribution is 7.19. The zero-order chi connectivity index (χ0) is 15.0. The number of nitrogens with one attached hydrogen (secondary N) is 1. The molecule has 0 bridgehead atoms. The minimum Gasteiger partial charge on any atom is -0.345 e. The summed E-state index contributed by atoms with van der Waals surface area (Å²) >= 11 is 7.50. The molecule has 1 aliphatic heterocycles. The summed E-state index contributed by atoms with van der Waals surface area (Å²) in [6.45, 7) is 6.98. The van der Waals surface area contributed by atoms with Crippen LogP contribution in [0.4, 0.5) is 0 Å². The number of halogens is 1. The Hall–Kier alpha value is -1.59. The fourth-order valence-corrected chi connectivity index (χ4v) is 3.74. The van der Waals surface area contributed by atoms with Crippen LogP contribution in [0, 0.1) is 6.92 Å². The molecule has 21 heavy (non-hydrogen) atoms. The van der Waals surface area contributed by atoms with Crippen LogP contribution in [0.5, 0.6) is 0 Å². The Labute approximate surface area is 132 Å². The SMILES string of the molecule is C=CCN1CC(c2nc(-c3ccc(Cl)s3)c(C)[nH]2)CC1=O. The van der Waals surface area contributed by atoms with E-state index in [1.54, 1.807) is 6.08 Å². The first kappa shape index (κ1) is 14.4. The van der Waals surface area contributed by atoms with Crippen LogP contribution in [0.25, 0.3) is 10.6 Å². The third kappa shape index (κ3) is 2.76. The summed E-state index contributed by atoms with van der Waals surface area (Å²) in [5.41, 5.74) is 1.94. The predicted molar refractivity (Wildman–Crippen MR) is 85.8 cm³/mol. The van der Waals surface area contributed by atoms with Crippen molar-refractivity contribution in [3.63, 3.8) is 0 Å². The number of H-pyrrole nitrogens is 1. The molecule has 6 heteroatoms. The van der Waals surface area contributed by atoms with Gasteiger partial charge in [0.2, 0.25) is 5.91 Å². The summed E-state index contributed by atoms with van der Waals surface area (Å²) in [6.07, 6.45) is 2.26. The lowest BCUT2D eigenvalue weighted by Crippen LogP contribution is -2.24. The van der Waals surface area contributed by atoms with Crippen molar-refractivity contribution in [2.24, 2.45) is 0 Å². The summed E-state index contributed by atoms with van der Waals surface area (Å²) in [5.74, 6) is 1.17. The van der Waals surface area contributed by atoms with E-state index in [9.17, 15) is 4.79 Å². The van der Waals surface area contributed by atoms with Crippen molar-refractivity contribution >= 4 is 28.8 Å². The van der Waals surface area contributed by atoms with Gasteiger partial charge in [0.1, 0.15) is 11.5 Å². The fraction of sp³-hybridized carbons (Fsp3) is 0.333. The first-order chi connectivity index (χ1) is 10.1. The Morgan fingerprint density at radius 1 is 1.62 bits per heavy atom. The molecule has 1 atom stereocenters. The first-order valence-corrected chi connectivity index (χ1v) is 7.98. The number of nitrogens with zero attached hydrogens (tertiary/aromatic N) is 2. The standard InChI is InChI=1S/C15H16ClN3OS/c1-3-6-19-8-10(7-13(19)20)15-17-9(2)14(18-15)11-4-5-12(16)21-11/h3-5,10H,1,6-8H2,2H3,(H,17,18). The Balaban J connectivity index is 1.85. The molecule has 1 aliphatic rings. The maximum absolute atomic E-state index is 11.9. The minimum atomic E-state index is 0.125. The number of thiophene rings is 1. The van der Waals surface area contributed by atoms with Crippen LogP contribution in [0.2, 0.25) is 4.34 Å². The molecule has 0 aromatic carbocycles. The molecule has 2 aromatic heterocycles. The van der Waals surface area contributed by atoms with Crippen LogP contribution in [0.1, 0.15) is 23.9 Å². The number of amides is 1. The number of likely N-dealkylation sites (tertiary alicyclic amines) is 1. The third-order valence-corrected chi connectivity index (χ3v) is 4.90. The van der Waals surface area contributed by atoms with Crippen molar-refractivity contribution in [2.75, 3.05) is 13.1 Å². The van der Waals surface area contributed by atoms with Gasteiger partial charge in [0.25, 0.3) is 0 Å². The number of carbonyl (C=O) groups excluding carboxylic acids is 1. The molecule has 2 aromatic rings. The molecule has 0 spiro atoms. The number of imidazole rings is 1. The maximum Gasteiger partial charge on any atom is 0.223 e. The quantitative estimate of drug-likeness (QED) is 0.875. The summed E-state index contributed by atoms with van der Waals surface area (Å²) in [6, 6.07) is 3.85. The van der Waals surface area contributed by atoms with Gasteiger partial charge in [0, 0.05) is 31.1 Å². The van der Waals surface area contributed by atoms with Crippen molar-refractivity contribution in [1.29, 1.82) is 0 Å². The molecule has 1 amide bonds. The number of hydrogen-bond donors (Lipinski definition) is 1. The second-order valence-corrected chi connectivity index (χ2v) is 6.90. The van der Waals surface area contributed by atoms with Crippen molar-refractivity contribution in [1.82, 2.24) is 14.9 Å². The Bertz CT molecular complexity index is 691. The average Bonchev–Trinajstić information content (AvgIpc) is 3.11. The summed E-state index contributed by atoms with van der Waals surface area (Å²) in [4.78, 5) is 22.8. The summed E-state index contributed by atoms with van der Waals surface area (Å²) < 4.78 is 0.752. The van der Waals surface area contributed by atoms with Crippen LogP contribution < -0.4 is 0 Å². The highest BCUT2D eigenvalue weighted by Crippen LogP contribution is 2.34. The molecule has 3 heterocycles.